The highest BCUT2D eigenvalue weighted by molar-refractivity contribution is 6.30. The lowest BCUT2D eigenvalue weighted by Crippen LogP contribution is -2.08. The Hall–Kier alpha value is -4.19. The lowest BCUT2D eigenvalue weighted by molar-refractivity contribution is 0.0696. The number of carboxylic acids is 1. The Labute approximate surface area is 257 Å². The first kappa shape index (κ1) is 28.9. The molecule has 4 aromatic carbocycles. The van der Waals surface area contributed by atoms with Crippen molar-refractivity contribution >= 4 is 28.5 Å². The highest BCUT2D eigenvalue weighted by Gasteiger charge is 2.21. The first-order valence-corrected chi connectivity index (χ1v) is 15.2. The van der Waals surface area contributed by atoms with Gasteiger partial charge in [-0.1, -0.05) is 61.2 Å². The van der Waals surface area contributed by atoms with Crippen molar-refractivity contribution in [2.24, 2.45) is 0 Å². The molecule has 6 heteroatoms. The van der Waals surface area contributed by atoms with E-state index in [0.717, 1.165) is 68.6 Å². The summed E-state index contributed by atoms with van der Waals surface area (Å²) in [4.78, 5) is 16.8. The van der Waals surface area contributed by atoms with Crippen molar-refractivity contribution in [1.82, 2.24) is 4.98 Å². The molecule has 218 valence electrons. The van der Waals surface area contributed by atoms with Crippen molar-refractivity contribution in [1.29, 1.82) is 0 Å². The van der Waals surface area contributed by atoms with Gasteiger partial charge in [-0.05, 0) is 107 Å². The summed E-state index contributed by atoms with van der Waals surface area (Å²) < 4.78 is 11.2. The monoisotopic (exact) mass is 591 g/mol. The largest absolute Gasteiger partial charge is 0.491 e. The summed E-state index contributed by atoms with van der Waals surface area (Å²) in [5, 5.41) is 11.4. The molecule has 1 aromatic heterocycles. The van der Waals surface area contributed by atoms with Gasteiger partial charge in [0.05, 0.1) is 23.4 Å². The van der Waals surface area contributed by atoms with E-state index in [1.54, 1.807) is 13.2 Å². The van der Waals surface area contributed by atoms with Gasteiger partial charge in [0.2, 0.25) is 0 Å². The lowest BCUT2D eigenvalue weighted by Gasteiger charge is -2.25. The van der Waals surface area contributed by atoms with Crippen LogP contribution in [0.3, 0.4) is 0 Å². The summed E-state index contributed by atoms with van der Waals surface area (Å²) in [5.41, 5.74) is 8.42. The standard InChI is InChI=1S/C37H34ClNO4/c1-42-17-18-43-32-21-29(24-7-12-31(38)13-8-24)20-30(22-32)36-16-11-27-19-26(10-15-35(27)39-36)33-14-9-28(37(40)41)23-34(33)25-5-3-2-4-6-25/h7-16,19-23,25H,2-6,17-18H2,1H3,(H,40,41). The average Bonchev–Trinajstić information content (AvgIpc) is 3.04. The molecule has 6 rings (SSSR count). The van der Waals surface area contributed by atoms with E-state index in [0.29, 0.717) is 29.7 Å². The van der Waals surface area contributed by atoms with Gasteiger partial charge in [-0.2, -0.15) is 0 Å². The smallest absolute Gasteiger partial charge is 0.335 e. The molecule has 1 aliphatic rings. The number of aromatic nitrogens is 1. The van der Waals surface area contributed by atoms with E-state index in [1.165, 1.54) is 19.3 Å². The SMILES string of the molecule is COCCOc1cc(-c2ccc(Cl)cc2)cc(-c2ccc3cc(-c4ccc(C(=O)O)cc4C4CCCCC4)ccc3n2)c1. The van der Waals surface area contributed by atoms with E-state index in [1.807, 2.05) is 54.6 Å². The molecule has 0 saturated heterocycles. The van der Waals surface area contributed by atoms with Crippen LogP contribution in [0, 0.1) is 0 Å². The molecule has 1 fully saturated rings. The van der Waals surface area contributed by atoms with Crippen LogP contribution in [0.15, 0.2) is 91.0 Å². The number of aromatic carboxylic acids is 1. The van der Waals surface area contributed by atoms with E-state index >= 15 is 0 Å². The van der Waals surface area contributed by atoms with Crippen LogP contribution in [0.4, 0.5) is 0 Å². The second kappa shape index (κ2) is 13.0. The number of benzene rings is 4. The molecule has 5 nitrogen and oxygen atoms in total. The van der Waals surface area contributed by atoms with Gasteiger partial charge in [0, 0.05) is 23.1 Å². The van der Waals surface area contributed by atoms with Crippen LogP contribution in [0.1, 0.15) is 53.9 Å². The summed E-state index contributed by atoms with van der Waals surface area (Å²) in [5.74, 6) is 0.246. The van der Waals surface area contributed by atoms with E-state index in [4.69, 9.17) is 26.1 Å². The minimum atomic E-state index is -0.883. The fourth-order valence-corrected chi connectivity index (χ4v) is 6.17. The molecule has 1 saturated carbocycles. The highest BCUT2D eigenvalue weighted by atomic mass is 35.5. The molecule has 0 amide bonds. The van der Waals surface area contributed by atoms with Crippen LogP contribution in [0.2, 0.25) is 5.02 Å². The zero-order chi connectivity index (χ0) is 29.8. The number of rotatable bonds is 9. The van der Waals surface area contributed by atoms with Crippen LogP contribution >= 0.6 is 11.6 Å². The van der Waals surface area contributed by atoms with Crippen LogP contribution < -0.4 is 4.74 Å². The Balaban J connectivity index is 1.37. The molecule has 1 aliphatic carbocycles. The quantitative estimate of drug-likeness (QED) is 0.173. The van der Waals surface area contributed by atoms with Gasteiger partial charge in [-0.25, -0.2) is 9.78 Å². The van der Waals surface area contributed by atoms with E-state index in [9.17, 15) is 9.90 Å². The number of halogens is 1. The van der Waals surface area contributed by atoms with E-state index in [2.05, 4.69) is 30.3 Å². The summed E-state index contributed by atoms with van der Waals surface area (Å²) in [7, 11) is 1.66. The Morgan fingerprint density at radius 2 is 1.58 bits per heavy atom. The van der Waals surface area contributed by atoms with Gasteiger partial charge in [-0.15, -0.1) is 0 Å². The highest BCUT2D eigenvalue weighted by Crippen LogP contribution is 2.40. The molecule has 1 heterocycles. The van der Waals surface area contributed by atoms with Crippen molar-refractivity contribution in [2.75, 3.05) is 20.3 Å². The third kappa shape index (κ3) is 6.58. The molecule has 0 aliphatic heterocycles. The molecule has 1 N–H and O–H groups in total. The van der Waals surface area contributed by atoms with Crippen LogP contribution in [0.25, 0.3) is 44.4 Å². The van der Waals surface area contributed by atoms with Crippen LogP contribution in [-0.2, 0) is 4.74 Å². The zero-order valence-corrected chi connectivity index (χ0v) is 24.9. The van der Waals surface area contributed by atoms with Gasteiger partial charge in [0.1, 0.15) is 12.4 Å². The van der Waals surface area contributed by atoms with Gasteiger partial charge < -0.3 is 14.6 Å². The van der Waals surface area contributed by atoms with Crippen molar-refractivity contribution in [3.05, 3.63) is 107 Å². The van der Waals surface area contributed by atoms with Crippen molar-refractivity contribution in [2.45, 2.75) is 38.0 Å². The average molecular weight is 592 g/mol. The number of fused-ring (bicyclic) bond motifs is 1. The van der Waals surface area contributed by atoms with Crippen molar-refractivity contribution in [3.63, 3.8) is 0 Å². The van der Waals surface area contributed by atoms with Crippen molar-refractivity contribution < 1.29 is 19.4 Å². The number of carbonyl (C=O) groups is 1. The minimum absolute atomic E-state index is 0.350. The van der Waals surface area contributed by atoms with Crippen LogP contribution in [0.5, 0.6) is 5.75 Å². The minimum Gasteiger partial charge on any atom is -0.491 e. The molecule has 0 radical (unpaired) electrons. The summed E-state index contributed by atoms with van der Waals surface area (Å²) >= 11 is 6.14. The summed E-state index contributed by atoms with van der Waals surface area (Å²) in [6.07, 6.45) is 5.81. The molecular formula is C37H34ClNO4. The maximum Gasteiger partial charge on any atom is 0.335 e. The third-order valence-electron chi connectivity index (χ3n) is 8.28. The Morgan fingerprint density at radius 1 is 0.814 bits per heavy atom. The zero-order valence-electron chi connectivity index (χ0n) is 24.2. The van der Waals surface area contributed by atoms with E-state index < -0.39 is 5.97 Å². The molecule has 0 unspecified atom stereocenters. The lowest BCUT2D eigenvalue weighted by atomic mass is 9.80. The molecule has 43 heavy (non-hydrogen) atoms. The maximum absolute atomic E-state index is 11.8. The number of carboxylic acid groups (broad SMARTS) is 1. The predicted octanol–water partition coefficient (Wildman–Crippen LogP) is 9.66. The predicted molar refractivity (Wildman–Crippen MR) is 173 cm³/mol. The van der Waals surface area contributed by atoms with Crippen molar-refractivity contribution in [3.8, 4) is 39.3 Å². The number of methoxy groups -OCH3 is 1. The number of pyridine rings is 1. The second-order valence-corrected chi connectivity index (χ2v) is 11.6. The first-order chi connectivity index (χ1) is 21.0. The van der Waals surface area contributed by atoms with E-state index in [-0.39, 0.29) is 0 Å². The summed E-state index contributed by atoms with van der Waals surface area (Å²) in [6, 6.07) is 30.0. The number of ether oxygens (including phenoxy) is 2. The normalized spacial score (nSPS) is 13.7. The summed E-state index contributed by atoms with van der Waals surface area (Å²) in [6.45, 7) is 0.947. The fraction of sp³-hybridized carbons (Fsp3) is 0.243. The Bertz CT molecular complexity index is 1760. The Kier molecular flexibility index (Phi) is 8.73. The van der Waals surface area contributed by atoms with Gasteiger partial charge >= 0.3 is 5.97 Å². The third-order valence-corrected chi connectivity index (χ3v) is 8.53. The number of hydrogen-bond donors (Lipinski definition) is 1. The first-order valence-electron chi connectivity index (χ1n) is 14.8. The second-order valence-electron chi connectivity index (χ2n) is 11.1. The molecule has 0 bridgehead atoms. The molecule has 5 aromatic rings. The van der Waals surface area contributed by atoms with Gasteiger partial charge in [0.15, 0.2) is 0 Å². The molecule has 0 spiro atoms. The fourth-order valence-electron chi connectivity index (χ4n) is 6.05. The van der Waals surface area contributed by atoms with Gasteiger partial charge in [0.25, 0.3) is 0 Å². The van der Waals surface area contributed by atoms with Crippen LogP contribution in [-0.4, -0.2) is 36.4 Å². The molecule has 0 atom stereocenters. The molecular weight excluding hydrogens is 558 g/mol. The Morgan fingerprint density at radius 3 is 2.35 bits per heavy atom. The maximum atomic E-state index is 11.8. The van der Waals surface area contributed by atoms with Gasteiger partial charge in [-0.3, -0.25) is 0 Å². The number of hydrogen-bond acceptors (Lipinski definition) is 4. The number of nitrogens with zero attached hydrogens (tertiary/aromatic N) is 1. The topological polar surface area (TPSA) is 68.7 Å².